The first kappa shape index (κ1) is 22.5. The Hall–Kier alpha value is -2.81. The number of aromatic nitrogens is 1. The summed E-state index contributed by atoms with van der Waals surface area (Å²) in [7, 11) is 0. The maximum atomic E-state index is 12.5. The van der Waals surface area contributed by atoms with Crippen LogP contribution in [0.2, 0.25) is 5.02 Å². The van der Waals surface area contributed by atoms with Gasteiger partial charge in [0.15, 0.2) is 6.61 Å². The van der Waals surface area contributed by atoms with E-state index < -0.39 is 24.7 Å². The van der Waals surface area contributed by atoms with E-state index in [0.29, 0.717) is 16.8 Å². The van der Waals surface area contributed by atoms with Crippen molar-refractivity contribution in [2.45, 2.75) is 33.0 Å². The predicted octanol–water partition coefficient (Wildman–Crippen LogP) is 4.43. The number of nitrogens with one attached hydrogen (secondary N) is 2. The maximum absolute atomic E-state index is 12.5. The molecule has 2 aromatic rings. The van der Waals surface area contributed by atoms with Crippen LogP contribution in [0.25, 0.3) is 0 Å². The zero-order valence-corrected chi connectivity index (χ0v) is 16.6. The van der Waals surface area contributed by atoms with Crippen LogP contribution in [0, 0.1) is 6.92 Å². The molecule has 0 spiro atoms. The molecule has 0 saturated carbocycles. The first-order valence-electron chi connectivity index (χ1n) is 8.51. The zero-order chi connectivity index (χ0) is 21.8. The highest BCUT2D eigenvalue weighted by Crippen LogP contribution is 2.29. The van der Waals surface area contributed by atoms with E-state index >= 15 is 0 Å². The number of pyridine rings is 1. The molecule has 0 fully saturated rings. The molecule has 0 bridgehead atoms. The second-order valence-electron chi connectivity index (χ2n) is 6.35. The van der Waals surface area contributed by atoms with E-state index in [2.05, 4.69) is 20.4 Å². The first-order valence-corrected chi connectivity index (χ1v) is 8.88. The smallest absolute Gasteiger partial charge is 0.422 e. The van der Waals surface area contributed by atoms with Crippen molar-refractivity contribution in [1.29, 1.82) is 0 Å². The summed E-state index contributed by atoms with van der Waals surface area (Å²) in [6.07, 6.45) is -4.47. The molecule has 6 nitrogen and oxygen atoms in total. The highest BCUT2D eigenvalue weighted by atomic mass is 35.5. The van der Waals surface area contributed by atoms with Crippen molar-refractivity contribution in [2.75, 3.05) is 11.9 Å². The van der Waals surface area contributed by atoms with Crippen LogP contribution in [-0.2, 0) is 4.79 Å². The van der Waals surface area contributed by atoms with Gasteiger partial charge in [-0.05, 0) is 43.7 Å². The number of halogens is 4. The fourth-order valence-corrected chi connectivity index (χ4v) is 2.71. The van der Waals surface area contributed by atoms with Crippen LogP contribution in [-0.4, -0.2) is 29.6 Å². The Kier molecular flexibility index (Phi) is 7.07. The lowest BCUT2D eigenvalue weighted by Gasteiger charge is -2.17. The van der Waals surface area contributed by atoms with Gasteiger partial charge in [-0.1, -0.05) is 17.7 Å². The Morgan fingerprint density at radius 3 is 2.52 bits per heavy atom. The van der Waals surface area contributed by atoms with Crippen molar-refractivity contribution in [3.63, 3.8) is 0 Å². The van der Waals surface area contributed by atoms with E-state index in [1.165, 1.54) is 31.2 Å². The quantitative estimate of drug-likeness (QED) is 0.711. The summed E-state index contributed by atoms with van der Waals surface area (Å²) in [6.45, 7) is 3.27. The third-order valence-electron chi connectivity index (χ3n) is 3.71. The number of ether oxygens (including phenoxy) is 1. The molecule has 29 heavy (non-hydrogen) atoms. The van der Waals surface area contributed by atoms with Crippen LogP contribution in [0.3, 0.4) is 0 Å². The van der Waals surface area contributed by atoms with Crippen molar-refractivity contribution in [2.24, 2.45) is 0 Å². The molecule has 1 atom stereocenters. The second-order valence-corrected chi connectivity index (χ2v) is 6.76. The molecule has 156 valence electrons. The van der Waals surface area contributed by atoms with E-state index in [0.717, 1.165) is 0 Å². The van der Waals surface area contributed by atoms with Crippen molar-refractivity contribution in [3.8, 4) is 5.75 Å². The summed E-state index contributed by atoms with van der Waals surface area (Å²) >= 11 is 5.99. The molecule has 2 amide bonds. The number of alkyl halides is 3. The number of carbonyl (C=O) groups excluding carboxylic acids is 2. The number of aryl methyl sites for hydroxylation is 1. The Bertz CT molecular complexity index is 919. The van der Waals surface area contributed by atoms with Gasteiger partial charge in [-0.25, -0.2) is 4.98 Å². The number of nitrogens with zero attached hydrogens (tertiary/aromatic N) is 1. The number of carbonyl (C=O) groups is 2. The highest BCUT2D eigenvalue weighted by molar-refractivity contribution is 6.32. The standard InChI is InChI=1S/C19H19ClF3N3O3/c1-10-6-14(8-17(24-10)26-12(3)27)18(28)25-11(2)13-4-5-16(15(20)7-13)29-9-19(21,22)23/h4-8,11H,9H2,1-3H3,(H,25,28)(H,24,26,27). The number of anilines is 1. The van der Waals surface area contributed by atoms with Crippen LogP contribution in [0.5, 0.6) is 5.75 Å². The van der Waals surface area contributed by atoms with E-state index in [9.17, 15) is 22.8 Å². The summed E-state index contributed by atoms with van der Waals surface area (Å²) < 4.78 is 41.5. The molecule has 1 unspecified atom stereocenters. The third kappa shape index (κ3) is 6.94. The third-order valence-corrected chi connectivity index (χ3v) is 4.01. The van der Waals surface area contributed by atoms with Crippen LogP contribution in [0.15, 0.2) is 30.3 Å². The fourth-order valence-electron chi connectivity index (χ4n) is 2.47. The van der Waals surface area contributed by atoms with Gasteiger partial charge >= 0.3 is 6.18 Å². The van der Waals surface area contributed by atoms with Crippen LogP contribution < -0.4 is 15.4 Å². The molecule has 1 heterocycles. The van der Waals surface area contributed by atoms with Gasteiger partial charge in [-0.15, -0.1) is 0 Å². The minimum absolute atomic E-state index is 0.000508. The molecule has 2 N–H and O–H groups in total. The van der Waals surface area contributed by atoms with E-state index in [-0.39, 0.29) is 22.5 Å². The summed E-state index contributed by atoms with van der Waals surface area (Å²) in [5, 5.41) is 5.29. The summed E-state index contributed by atoms with van der Waals surface area (Å²) in [4.78, 5) is 27.9. The Labute approximate surface area is 170 Å². The van der Waals surface area contributed by atoms with Crippen molar-refractivity contribution in [3.05, 3.63) is 52.2 Å². The van der Waals surface area contributed by atoms with Crippen LogP contribution in [0.1, 0.15) is 41.5 Å². The number of benzene rings is 1. The van der Waals surface area contributed by atoms with Gasteiger partial charge < -0.3 is 15.4 Å². The van der Waals surface area contributed by atoms with Gasteiger partial charge in [0.2, 0.25) is 5.91 Å². The lowest BCUT2D eigenvalue weighted by atomic mass is 10.1. The minimum Gasteiger partial charge on any atom is -0.483 e. The van der Waals surface area contributed by atoms with Gasteiger partial charge in [0, 0.05) is 18.2 Å². The predicted molar refractivity (Wildman–Crippen MR) is 102 cm³/mol. The van der Waals surface area contributed by atoms with Gasteiger partial charge in [0.1, 0.15) is 11.6 Å². The largest absolute Gasteiger partial charge is 0.483 e. The highest BCUT2D eigenvalue weighted by Gasteiger charge is 2.28. The van der Waals surface area contributed by atoms with Crippen LogP contribution in [0.4, 0.5) is 19.0 Å². The Balaban J connectivity index is 2.10. The van der Waals surface area contributed by atoms with E-state index in [4.69, 9.17) is 11.6 Å². The van der Waals surface area contributed by atoms with Crippen molar-refractivity contribution < 1.29 is 27.5 Å². The monoisotopic (exact) mass is 429 g/mol. The summed E-state index contributed by atoms with van der Waals surface area (Å²) in [5.74, 6) is -0.575. The zero-order valence-electron chi connectivity index (χ0n) is 15.9. The lowest BCUT2D eigenvalue weighted by molar-refractivity contribution is -0.153. The summed E-state index contributed by atoms with van der Waals surface area (Å²) in [6, 6.07) is 6.78. The molecule has 0 aliphatic carbocycles. The van der Waals surface area contributed by atoms with Crippen LogP contribution >= 0.6 is 11.6 Å². The molecular weight excluding hydrogens is 411 g/mol. The average molecular weight is 430 g/mol. The molecule has 0 saturated heterocycles. The molecule has 1 aromatic carbocycles. The molecule has 1 aromatic heterocycles. The molecule has 0 radical (unpaired) electrons. The number of hydrogen-bond donors (Lipinski definition) is 2. The fraction of sp³-hybridized carbons (Fsp3) is 0.316. The summed E-state index contributed by atoms with van der Waals surface area (Å²) in [5.41, 5.74) is 1.42. The Morgan fingerprint density at radius 1 is 1.24 bits per heavy atom. The number of amides is 2. The molecule has 0 aliphatic heterocycles. The lowest BCUT2D eigenvalue weighted by Crippen LogP contribution is -2.27. The molecule has 10 heteroatoms. The average Bonchev–Trinajstić information content (AvgIpc) is 2.58. The molecule has 2 rings (SSSR count). The number of rotatable bonds is 6. The molecular formula is C19H19ClF3N3O3. The van der Waals surface area contributed by atoms with Gasteiger partial charge in [0.25, 0.3) is 5.91 Å². The number of hydrogen-bond acceptors (Lipinski definition) is 4. The Morgan fingerprint density at radius 2 is 1.93 bits per heavy atom. The van der Waals surface area contributed by atoms with Gasteiger partial charge in [0.05, 0.1) is 11.1 Å². The second kappa shape index (κ2) is 9.13. The molecule has 0 aliphatic rings. The topological polar surface area (TPSA) is 80.3 Å². The van der Waals surface area contributed by atoms with E-state index in [1.807, 2.05) is 0 Å². The SMILES string of the molecule is CC(=O)Nc1cc(C(=O)NC(C)c2ccc(OCC(F)(F)F)c(Cl)c2)cc(C)n1. The van der Waals surface area contributed by atoms with Crippen molar-refractivity contribution in [1.82, 2.24) is 10.3 Å². The van der Waals surface area contributed by atoms with Gasteiger partial charge in [-0.2, -0.15) is 13.2 Å². The van der Waals surface area contributed by atoms with E-state index in [1.54, 1.807) is 19.9 Å². The van der Waals surface area contributed by atoms with Crippen molar-refractivity contribution >= 4 is 29.2 Å². The van der Waals surface area contributed by atoms with Gasteiger partial charge in [-0.3, -0.25) is 9.59 Å². The minimum atomic E-state index is -4.47. The first-order chi connectivity index (χ1) is 13.4. The normalized spacial score (nSPS) is 12.2. The maximum Gasteiger partial charge on any atom is 0.422 e.